The second-order valence-electron chi connectivity index (χ2n) is 3.44. The van der Waals surface area contributed by atoms with Gasteiger partial charge in [0.05, 0.1) is 0 Å². The summed E-state index contributed by atoms with van der Waals surface area (Å²) in [4.78, 5) is 4.09. The van der Waals surface area contributed by atoms with Gasteiger partial charge < -0.3 is 5.11 Å². The third-order valence-corrected chi connectivity index (χ3v) is 2.46. The molecule has 1 fully saturated rings. The standard InChI is InChI=1S/C9H17NO/c1-7(10-2)5-9(6-11)8-3-4-8/h8-9,11H,3-6H2,1-2H3. The number of hydrogen-bond donors (Lipinski definition) is 1. The molecule has 1 atom stereocenters. The lowest BCUT2D eigenvalue weighted by molar-refractivity contribution is 0.214. The Balaban J connectivity index is 2.31. The summed E-state index contributed by atoms with van der Waals surface area (Å²) in [6.45, 7) is 2.36. The van der Waals surface area contributed by atoms with Gasteiger partial charge in [0.1, 0.15) is 0 Å². The molecule has 0 aromatic rings. The predicted octanol–water partition coefficient (Wildman–Crippen LogP) is 1.49. The van der Waals surface area contributed by atoms with E-state index in [1.54, 1.807) is 0 Å². The highest BCUT2D eigenvalue weighted by molar-refractivity contribution is 5.82. The van der Waals surface area contributed by atoms with Crippen molar-refractivity contribution in [2.45, 2.75) is 26.2 Å². The second kappa shape index (κ2) is 3.86. The van der Waals surface area contributed by atoms with Crippen LogP contribution in [0, 0.1) is 11.8 Å². The Morgan fingerprint density at radius 1 is 1.64 bits per heavy atom. The first-order chi connectivity index (χ1) is 5.27. The fourth-order valence-corrected chi connectivity index (χ4v) is 1.42. The second-order valence-corrected chi connectivity index (χ2v) is 3.44. The molecule has 0 saturated heterocycles. The van der Waals surface area contributed by atoms with Crippen molar-refractivity contribution in [3.8, 4) is 0 Å². The van der Waals surface area contributed by atoms with E-state index in [0.29, 0.717) is 12.5 Å². The van der Waals surface area contributed by atoms with Crippen molar-refractivity contribution < 1.29 is 5.11 Å². The molecular formula is C9H17NO. The van der Waals surface area contributed by atoms with Crippen LogP contribution in [0.4, 0.5) is 0 Å². The van der Waals surface area contributed by atoms with E-state index in [-0.39, 0.29) is 0 Å². The van der Waals surface area contributed by atoms with Crippen molar-refractivity contribution in [2.75, 3.05) is 13.7 Å². The van der Waals surface area contributed by atoms with Gasteiger partial charge in [-0.15, -0.1) is 0 Å². The molecule has 1 rings (SSSR count). The molecule has 64 valence electrons. The van der Waals surface area contributed by atoms with Crippen LogP contribution in [0.3, 0.4) is 0 Å². The summed E-state index contributed by atoms with van der Waals surface area (Å²) in [5.41, 5.74) is 1.16. The van der Waals surface area contributed by atoms with Gasteiger partial charge >= 0.3 is 0 Å². The minimum Gasteiger partial charge on any atom is -0.396 e. The molecule has 0 aromatic carbocycles. The van der Waals surface area contributed by atoms with E-state index in [0.717, 1.165) is 18.1 Å². The van der Waals surface area contributed by atoms with Gasteiger partial charge in [-0.2, -0.15) is 0 Å². The Bertz CT molecular complexity index is 150. The van der Waals surface area contributed by atoms with Gasteiger partial charge in [-0.05, 0) is 38.0 Å². The van der Waals surface area contributed by atoms with Crippen molar-refractivity contribution in [3.05, 3.63) is 0 Å². The van der Waals surface area contributed by atoms with E-state index in [4.69, 9.17) is 5.11 Å². The summed E-state index contributed by atoms with van der Waals surface area (Å²) < 4.78 is 0. The van der Waals surface area contributed by atoms with Crippen LogP contribution in [0.1, 0.15) is 26.2 Å². The smallest absolute Gasteiger partial charge is 0.0465 e. The minimum atomic E-state index is 0.331. The van der Waals surface area contributed by atoms with E-state index in [9.17, 15) is 0 Å². The summed E-state index contributed by atoms with van der Waals surface area (Å²) in [7, 11) is 1.82. The van der Waals surface area contributed by atoms with Crippen molar-refractivity contribution in [3.63, 3.8) is 0 Å². The van der Waals surface area contributed by atoms with Crippen molar-refractivity contribution in [1.29, 1.82) is 0 Å². The first-order valence-electron chi connectivity index (χ1n) is 4.31. The topological polar surface area (TPSA) is 32.6 Å². The third-order valence-electron chi connectivity index (χ3n) is 2.46. The highest BCUT2D eigenvalue weighted by Gasteiger charge is 2.30. The Morgan fingerprint density at radius 2 is 2.27 bits per heavy atom. The molecule has 0 aromatic heterocycles. The molecule has 0 heterocycles. The zero-order valence-corrected chi connectivity index (χ0v) is 7.38. The molecule has 0 amide bonds. The molecule has 1 saturated carbocycles. The summed E-state index contributed by atoms with van der Waals surface area (Å²) in [6, 6.07) is 0. The summed E-state index contributed by atoms with van der Waals surface area (Å²) in [5.74, 6) is 1.27. The van der Waals surface area contributed by atoms with Gasteiger partial charge in [0, 0.05) is 19.4 Å². The van der Waals surface area contributed by atoms with E-state index < -0.39 is 0 Å². The minimum absolute atomic E-state index is 0.331. The van der Waals surface area contributed by atoms with Crippen LogP contribution in [0.5, 0.6) is 0 Å². The largest absolute Gasteiger partial charge is 0.396 e. The normalized spacial score (nSPS) is 21.9. The summed E-state index contributed by atoms with van der Waals surface area (Å²) in [6.07, 6.45) is 3.60. The number of nitrogens with zero attached hydrogens (tertiary/aromatic N) is 1. The lowest BCUT2D eigenvalue weighted by atomic mass is 9.98. The van der Waals surface area contributed by atoms with Gasteiger partial charge in [0.15, 0.2) is 0 Å². The van der Waals surface area contributed by atoms with Gasteiger partial charge in [0.25, 0.3) is 0 Å². The number of aliphatic hydroxyl groups excluding tert-OH is 1. The molecule has 2 heteroatoms. The monoisotopic (exact) mass is 155 g/mol. The molecule has 0 spiro atoms. The van der Waals surface area contributed by atoms with Crippen molar-refractivity contribution in [1.82, 2.24) is 0 Å². The molecule has 0 bridgehead atoms. The number of rotatable bonds is 4. The predicted molar refractivity (Wildman–Crippen MR) is 46.9 cm³/mol. The van der Waals surface area contributed by atoms with E-state index >= 15 is 0 Å². The van der Waals surface area contributed by atoms with E-state index in [1.807, 2.05) is 14.0 Å². The third kappa shape index (κ3) is 2.62. The van der Waals surface area contributed by atoms with Crippen LogP contribution in [-0.2, 0) is 0 Å². The summed E-state index contributed by atoms with van der Waals surface area (Å²) in [5, 5.41) is 9.03. The molecule has 2 nitrogen and oxygen atoms in total. The highest BCUT2D eigenvalue weighted by atomic mass is 16.3. The van der Waals surface area contributed by atoms with E-state index in [1.165, 1.54) is 12.8 Å². The quantitative estimate of drug-likeness (QED) is 0.613. The van der Waals surface area contributed by atoms with Crippen molar-refractivity contribution >= 4 is 5.71 Å². The van der Waals surface area contributed by atoms with Crippen LogP contribution in [0.2, 0.25) is 0 Å². The van der Waals surface area contributed by atoms with Crippen LogP contribution < -0.4 is 0 Å². The highest BCUT2D eigenvalue weighted by Crippen LogP contribution is 2.38. The van der Waals surface area contributed by atoms with Gasteiger partial charge in [0.2, 0.25) is 0 Å². The lowest BCUT2D eigenvalue weighted by Crippen LogP contribution is -2.12. The maximum Gasteiger partial charge on any atom is 0.0465 e. The molecular weight excluding hydrogens is 138 g/mol. The Kier molecular flexibility index (Phi) is 3.06. The molecule has 0 radical (unpaired) electrons. The summed E-state index contributed by atoms with van der Waals surface area (Å²) >= 11 is 0. The molecule has 1 aliphatic rings. The first kappa shape index (κ1) is 8.72. The fourth-order valence-electron chi connectivity index (χ4n) is 1.42. The van der Waals surface area contributed by atoms with Crippen LogP contribution >= 0.6 is 0 Å². The van der Waals surface area contributed by atoms with Crippen molar-refractivity contribution in [2.24, 2.45) is 16.8 Å². The molecule has 0 aliphatic heterocycles. The zero-order valence-electron chi connectivity index (χ0n) is 7.38. The fraction of sp³-hybridized carbons (Fsp3) is 0.889. The number of aliphatic hydroxyl groups is 1. The van der Waals surface area contributed by atoms with Gasteiger partial charge in [-0.25, -0.2) is 0 Å². The maximum atomic E-state index is 9.03. The van der Waals surface area contributed by atoms with Crippen LogP contribution in [0.15, 0.2) is 4.99 Å². The molecule has 1 unspecified atom stereocenters. The van der Waals surface area contributed by atoms with E-state index in [2.05, 4.69) is 4.99 Å². The molecule has 11 heavy (non-hydrogen) atoms. The lowest BCUT2D eigenvalue weighted by Gasteiger charge is -2.11. The van der Waals surface area contributed by atoms with Gasteiger partial charge in [-0.3, -0.25) is 4.99 Å². The SMILES string of the molecule is CN=C(C)CC(CO)C1CC1. The zero-order chi connectivity index (χ0) is 8.27. The number of hydrogen-bond acceptors (Lipinski definition) is 2. The first-order valence-corrected chi connectivity index (χ1v) is 4.31. The van der Waals surface area contributed by atoms with Crippen LogP contribution in [0.25, 0.3) is 0 Å². The Labute approximate surface area is 68.3 Å². The average Bonchev–Trinajstić information content (AvgIpc) is 2.82. The Hall–Kier alpha value is -0.370. The molecule has 1 aliphatic carbocycles. The Morgan fingerprint density at radius 3 is 2.64 bits per heavy atom. The maximum absolute atomic E-state index is 9.03. The average molecular weight is 155 g/mol. The van der Waals surface area contributed by atoms with Crippen LogP contribution in [-0.4, -0.2) is 24.5 Å². The van der Waals surface area contributed by atoms with Gasteiger partial charge in [-0.1, -0.05) is 0 Å². The molecule has 1 N–H and O–H groups in total. The number of aliphatic imine (C=N–C) groups is 1.